The number of methoxy groups -OCH3 is 1. The van der Waals surface area contributed by atoms with Gasteiger partial charge < -0.3 is 20.3 Å². The zero-order valence-corrected chi connectivity index (χ0v) is 11.4. The van der Waals surface area contributed by atoms with E-state index in [9.17, 15) is 15.0 Å². The standard InChI is InChI=1S/C16H15NO4/c1-21-11-6-4-5-10(9-11)14(18)16(20)13-8-3-2-7-12(13)15(19)17-16/h2-9,14,18,20H,1H3,(H,17,19). The van der Waals surface area contributed by atoms with Crippen molar-refractivity contribution in [3.05, 3.63) is 65.2 Å². The lowest BCUT2D eigenvalue weighted by Gasteiger charge is -2.30. The summed E-state index contributed by atoms with van der Waals surface area (Å²) in [5.74, 6) is 0.155. The summed E-state index contributed by atoms with van der Waals surface area (Å²) in [6.07, 6.45) is -1.31. The van der Waals surface area contributed by atoms with Gasteiger partial charge in [0.05, 0.1) is 7.11 Å². The molecule has 2 aromatic carbocycles. The Kier molecular flexibility index (Phi) is 3.16. The molecule has 0 bridgehead atoms. The van der Waals surface area contributed by atoms with Crippen LogP contribution in [0.2, 0.25) is 0 Å². The summed E-state index contributed by atoms with van der Waals surface area (Å²) in [6.45, 7) is 0. The highest BCUT2D eigenvalue weighted by Crippen LogP contribution is 2.39. The molecule has 5 nitrogen and oxygen atoms in total. The van der Waals surface area contributed by atoms with Gasteiger partial charge in [-0.2, -0.15) is 0 Å². The fourth-order valence-corrected chi connectivity index (χ4v) is 2.59. The number of rotatable bonds is 3. The van der Waals surface area contributed by atoms with Crippen molar-refractivity contribution in [2.24, 2.45) is 0 Å². The Morgan fingerprint density at radius 1 is 1.19 bits per heavy atom. The Labute approximate surface area is 121 Å². The van der Waals surface area contributed by atoms with Crippen molar-refractivity contribution in [3.8, 4) is 5.75 Å². The first-order chi connectivity index (χ1) is 10.1. The molecule has 5 heteroatoms. The molecule has 0 aliphatic carbocycles. The Balaban J connectivity index is 2.05. The van der Waals surface area contributed by atoms with Crippen LogP contribution in [0.1, 0.15) is 27.6 Å². The predicted octanol–water partition coefficient (Wildman–Crippen LogP) is 1.32. The predicted molar refractivity (Wildman–Crippen MR) is 75.8 cm³/mol. The summed E-state index contributed by atoms with van der Waals surface area (Å²) < 4.78 is 5.11. The zero-order chi connectivity index (χ0) is 15.0. The monoisotopic (exact) mass is 285 g/mol. The van der Waals surface area contributed by atoms with Gasteiger partial charge in [0.25, 0.3) is 5.91 Å². The maximum Gasteiger partial charge on any atom is 0.254 e. The van der Waals surface area contributed by atoms with Gasteiger partial charge in [-0.3, -0.25) is 4.79 Å². The molecule has 2 unspecified atom stereocenters. The van der Waals surface area contributed by atoms with E-state index in [0.29, 0.717) is 22.4 Å². The summed E-state index contributed by atoms with van der Waals surface area (Å²) in [4.78, 5) is 11.9. The van der Waals surface area contributed by atoms with E-state index in [-0.39, 0.29) is 0 Å². The van der Waals surface area contributed by atoms with Crippen LogP contribution < -0.4 is 10.1 Å². The largest absolute Gasteiger partial charge is 0.497 e. The normalized spacial score (nSPS) is 21.6. The fraction of sp³-hybridized carbons (Fsp3) is 0.188. The van der Waals surface area contributed by atoms with Crippen LogP contribution in [-0.4, -0.2) is 23.2 Å². The van der Waals surface area contributed by atoms with Crippen molar-refractivity contribution >= 4 is 5.91 Å². The number of aliphatic hydroxyl groups excluding tert-OH is 1. The van der Waals surface area contributed by atoms with Gasteiger partial charge in [-0.1, -0.05) is 30.3 Å². The third kappa shape index (κ3) is 2.07. The molecule has 0 saturated carbocycles. The average molecular weight is 285 g/mol. The maximum atomic E-state index is 11.9. The van der Waals surface area contributed by atoms with Crippen LogP contribution in [0.4, 0.5) is 0 Å². The second-order valence-corrected chi connectivity index (χ2v) is 4.95. The second-order valence-electron chi connectivity index (χ2n) is 4.95. The number of aliphatic hydroxyl groups is 2. The molecule has 2 aromatic rings. The van der Waals surface area contributed by atoms with Gasteiger partial charge in [0.2, 0.25) is 0 Å². The highest BCUT2D eigenvalue weighted by atomic mass is 16.5. The smallest absolute Gasteiger partial charge is 0.254 e. The van der Waals surface area contributed by atoms with Crippen LogP contribution in [-0.2, 0) is 5.72 Å². The molecular weight excluding hydrogens is 270 g/mol. The number of nitrogens with one attached hydrogen (secondary N) is 1. The lowest BCUT2D eigenvalue weighted by atomic mass is 9.92. The van der Waals surface area contributed by atoms with Crippen molar-refractivity contribution < 1.29 is 19.7 Å². The number of ether oxygens (including phenoxy) is 1. The van der Waals surface area contributed by atoms with Crippen molar-refractivity contribution in [2.75, 3.05) is 7.11 Å². The number of carbonyl (C=O) groups is 1. The van der Waals surface area contributed by atoms with Crippen LogP contribution >= 0.6 is 0 Å². The molecule has 2 atom stereocenters. The molecule has 0 aromatic heterocycles. The van der Waals surface area contributed by atoms with E-state index in [0.717, 1.165) is 0 Å². The summed E-state index contributed by atoms with van der Waals surface area (Å²) in [5, 5.41) is 23.8. The topological polar surface area (TPSA) is 78.8 Å². The number of hydrogen-bond donors (Lipinski definition) is 3. The molecule has 3 rings (SSSR count). The van der Waals surface area contributed by atoms with Crippen molar-refractivity contribution in [3.63, 3.8) is 0 Å². The number of hydrogen-bond acceptors (Lipinski definition) is 4. The van der Waals surface area contributed by atoms with Crippen LogP contribution in [0.15, 0.2) is 48.5 Å². The summed E-state index contributed by atoms with van der Waals surface area (Å²) in [5.41, 5.74) is -0.666. The fourth-order valence-electron chi connectivity index (χ4n) is 2.59. The number of benzene rings is 2. The van der Waals surface area contributed by atoms with Gasteiger partial charge in [0, 0.05) is 11.1 Å². The third-order valence-electron chi connectivity index (χ3n) is 3.69. The minimum Gasteiger partial charge on any atom is -0.497 e. The van der Waals surface area contributed by atoms with Gasteiger partial charge >= 0.3 is 0 Å². The number of amides is 1. The van der Waals surface area contributed by atoms with Crippen LogP contribution in [0.25, 0.3) is 0 Å². The minimum atomic E-state index is -1.85. The number of fused-ring (bicyclic) bond motifs is 1. The summed E-state index contributed by atoms with van der Waals surface area (Å²) in [7, 11) is 1.52. The Bertz CT molecular complexity index is 700. The zero-order valence-electron chi connectivity index (χ0n) is 11.4. The first kappa shape index (κ1) is 13.6. The molecular formula is C16H15NO4. The van der Waals surface area contributed by atoms with E-state index < -0.39 is 17.7 Å². The number of carbonyl (C=O) groups excluding carboxylic acids is 1. The van der Waals surface area contributed by atoms with Gasteiger partial charge in [-0.15, -0.1) is 0 Å². The highest BCUT2D eigenvalue weighted by Gasteiger charge is 2.47. The van der Waals surface area contributed by atoms with Gasteiger partial charge in [0.15, 0.2) is 5.72 Å². The van der Waals surface area contributed by atoms with E-state index in [2.05, 4.69) is 5.32 Å². The van der Waals surface area contributed by atoms with Crippen LogP contribution in [0, 0.1) is 0 Å². The van der Waals surface area contributed by atoms with Crippen molar-refractivity contribution in [1.29, 1.82) is 0 Å². The van der Waals surface area contributed by atoms with Crippen LogP contribution in [0.3, 0.4) is 0 Å². The molecule has 1 aliphatic rings. The first-order valence-electron chi connectivity index (χ1n) is 6.52. The van der Waals surface area contributed by atoms with Crippen molar-refractivity contribution in [1.82, 2.24) is 5.32 Å². The van der Waals surface area contributed by atoms with E-state index in [1.165, 1.54) is 7.11 Å². The van der Waals surface area contributed by atoms with E-state index in [1.54, 1.807) is 48.5 Å². The first-order valence-corrected chi connectivity index (χ1v) is 6.52. The molecule has 1 amide bonds. The molecule has 3 N–H and O–H groups in total. The van der Waals surface area contributed by atoms with Gasteiger partial charge in [-0.05, 0) is 23.8 Å². The Hall–Kier alpha value is -2.37. The molecule has 1 aliphatic heterocycles. The van der Waals surface area contributed by atoms with Gasteiger partial charge in [0.1, 0.15) is 11.9 Å². The molecule has 0 saturated heterocycles. The lowest BCUT2D eigenvalue weighted by molar-refractivity contribution is -0.0949. The third-order valence-corrected chi connectivity index (χ3v) is 3.69. The van der Waals surface area contributed by atoms with E-state index in [1.807, 2.05) is 0 Å². The Morgan fingerprint density at radius 3 is 2.71 bits per heavy atom. The molecule has 108 valence electrons. The molecule has 1 heterocycles. The Morgan fingerprint density at radius 2 is 1.95 bits per heavy atom. The average Bonchev–Trinajstić information content (AvgIpc) is 2.79. The van der Waals surface area contributed by atoms with Gasteiger partial charge in [-0.25, -0.2) is 0 Å². The molecule has 0 spiro atoms. The minimum absolute atomic E-state index is 0.363. The molecule has 0 fully saturated rings. The molecule has 21 heavy (non-hydrogen) atoms. The van der Waals surface area contributed by atoms with Crippen LogP contribution in [0.5, 0.6) is 5.75 Å². The second kappa shape index (κ2) is 4.87. The highest BCUT2D eigenvalue weighted by molar-refractivity contribution is 5.99. The lowest BCUT2D eigenvalue weighted by Crippen LogP contribution is -2.44. The summed E-state index contributed by atoms with van der Waals surface area (Å²) >= 11 is 0. The SMILES string of the molecule is COc1cccc(C(O)C2(O)NC(=O)c3ccccc32)c1. The summed E-state index contributed by atoms with van der Waals surface area (Å²) in [6, 6.07) is 13.4. The maximum absolute atomic E-state index is 11.9. The van der Waals surface area contributed by atoms with Crippen molar-refractivity contribution in [2.45, 2.75) is 11.8 Å². The van der Waals surface area contributed by atoms with E-state index >= 15 is 0 Å². The quantitative estimate of drug-likeness (QED) is 0.794. The van der Waals surface area contributed by atoms with E-state index in [4.69, 9.17) is 4.74 Å². The molecule has 0 radical (unpaired) electrons.